The molecule has 1 aromatic rings. The maximum atomic E-state index is 13.3. The fraction of sp³-hybridized carbons (Fsp3) is 0.654. The van der Waals surface area contributed by atoms with E-state index in [0.29, 0.717) is 29.6 Å². The van der Waals surface area contributed by atoms with Crippen molar-refractivity contribution < 1.29 is 14.4 Å². The van der Waals surface area contributed by atoms with Crippen LogP contribution in [0.25, 0.3) is 0 Å². The van der Waals surface area contributed by atoms with Gasteiger partial charge in [0.25, 0.3) is 5.91 Å². The Bertz CT molecular complexity index is 836. The van der Waals surface area contributed by atoms with Gasteiger partial charge in [-0.1, -0.05) is 51.7 Å². The molecule has 0 aromatic heterocycles. The Kier molecular flexibility index (Phi) is 7.17. The molecule has 4 rings (SSSR count). The van der Waals surface area contributed by atoms with Gasteiger partial charge in [-0.15, -0.1) is 0 Å². The average Bonchev–Trinajstić information content (AvgIpc) is 2.96. The number of para-hydroxylation sites is 1. The number of carbonyl (C=O) groups excluding carboxylic acids is 3. The van der Waals surface area contributed by atoms with Gasteiger partial charge in [0.1, 0.15) is 0 Å². The summed E-state index contributed by atoms with van der Waals surface area (Å²) in [6, 6.07) is 7.54. The Hall–Kier alpha value is -2.37. The maximum Gasteiger partial charge on any atom is 0.255 e. The van der Waals surface area contributed by atoms with Gasteiger partial charge < -0.3 is 15.1 Å². The molecule has 0 spiro atoms. The Morgan fingerprint density at radius 3 is 2.28 bits per heavy atom. The van der Waals surface area contributed by atoms with Gasteiger partial charge in [-0.05, 0) is 43.2 Å². The largest absolute Gasteiger partial charge is 0.339 e. The number of nitrogens with one attached hydrogen (secondary N) is 1. The number of piperidine rings is 1. The molecule has 3 fully saturated rings. The third-order valence-corrected chi connectivity index (χ3v) is 7.37. The zero-order valence-electron chi connectivity index (χ0n) is 19.5. The van der Waals surface area contributed by atoms with Crippen LogP contribution in [0.1, 0.15) is 75.6 Å². The van der Waals surface area contributed by atoms with Crippen LogP contribution in [0.15, 0.2) is 24.3 Å². The lowest BCUT2D eigenvalue weighted by Crippen LogP contribution is -2.43. The smallest absolute Gasteiger partial charge is 0.255 e. The number of nitrogens with zero attached hydrogens (tertiary/aromatic N) is 2. The number of benzene rings is 1. The Morgan fingerprint density at radius 2 is 1.59 bits per heavy atom. The van der Waals surface area contributed by atoms with Gasteiger partial charge in [0.05, 0.1) is 17.2 Å². The maximum absolute atomic E-state index is 13.3. The number of hydrogen-bond acceptors (Lipinski definition) is 3. The quantitative estimate of drug-likeness (QED) is 0.711. The zero-order valence-corrected chi connectivity index (χ0v) is 19.5. The van der Waals surface area contributed by atoms with Crippen LogP contribution in [-0.2, 0) is 9.59 Å². The topological polar surface area (TPSA) is 69.7 Å². The molecular weight excluding hydrogens is 402 g/mol. The summed E-state index contributed by atoms with van der Waals surface area (Å²) in [7, 11) is 0. The van der Waals surface area contributed by atoms with E-state index in [2.05, 4.69) is 19.2 Å². The van der Waals surface area contributed by atoms with Crippen LogP contribution in [0.3, 0.4) is 0 Å². The lowest BCUT2D eigenvalue weighted by atomic mass is 9.91. The Morgan fingerprint density at radius 1 is 0.938 bits per heavy atom. The lowest BCUT2D eigenvalue weighted by molar-refractivity contribution is -0.130. The molecule has 32 heavy (non-hydrogen) atoms. The van der Waals surface area contributed by atoms with E-state index in [-0.39, 0.29) is 36.1 Å². The van der Waals surface area contributed by atoms with Crippen LogP contribution in [0.5, 0.6) is 0 Å². The molecule has 3 atom stereocenters. The molecule has 3 unspecified atom stereocenters. The summed E-state index contributed by atoms with van der Waals surface area (Å²) in [6.07, 6.45) is 8.29. The van der Waals surface area contributed by atoms with Gasteiger partial charge in [0.2, 0.25) is 11.8 Å². The van der Waals surface area contributed by atoms with Crippen molar-refractivity contribution in [3.05, 3.63) is 29.8 Å². The van der Waals surface area contributed by atoms with Gasteiger partial charge >= 0.3 is 0 Å². The highest BCUT2D eigenvalue weighted by molar-refractivity contribution is 6.05. The zero-order chi connectivity index (χ0) is 22.7. The van der Waals surface area contributed by atoms with Crippen molar-refractivity contribution in [2.75, 3.05) is 25.0 Å². The highest BCUT2D eigenvalue weighted by Gasteiger charge is 2.38. The van der Waals surface area contributed by atoms with Gasteiger partial charge in [-0.2, -0.15) is 0 Å². The van der Waals surface area contributed by atoms with Crippen LogP contribution < -0.4 is 5.32 Å². The number of anilines is 1. The highest BCUT2D eigenvalue weighted by Crippen LogP contribution is 2.30. The highest BCUT2D eigenvalue weighted by atomic mass is 16.2. The number of rotatable bonds is 4. The van der Waals surface area contributed by atoms with Gasteiger partial charge in [-0.3, -0.25) is 14.4 Å². The molecule has 1 aliphatic carbocycles. The second-order valence-electron chi connectivity index (χ2n) is 10.3. The second kappa shape index (κ2) is 10.1. The lowest BCUT2D eigenvalue weighted by Gasteiger charge is -2.35. The molecule has 1 saturated carbocycles. The molecule has 2 heterocycles. The molecule has 6 nitrogen and oxygen atoms in total. The monoisotopic (exact) mass is 439 g/mol. The first-order chi connectivity index (χ1) is 15.4. The minimum Gasteiger partial charge on any atom is -0.339 e. The van der Waals surface area contributed by atoms with Crippen molar-refractivity contribution in [2.45, 2.75) is 71.3 Å². The van der Waals surface area contributed by atoms with E-state index < -0.39 is 0 Å². The fourth-order valence-corrected chi connectivity index (χ4v) is 5.84. The summed E-state index contributed by atoms with van der Waals surface area (Å²) >= 11 is 0. The van der Waals surface area contributed by atoms with Crippen LogP contribution >= 0.6 is 0 Å². The average molecular weight is 440 g/mol. The fourth-order valence-electron chi connectivity index (χ4n) is 5.84. The Labute approximate surface area is 191 Å². The molecule has 0 radical (unpaired) electrons. The number of carbonyl (C=O) groups is 3. The standard InChI is InChI=1S/C26H37N3O3/c1-18-13-19(2)16-28(15-18)26(32)22-11-7-8-12-23(22)27-25(31)20-14-24(30)29(17-20)21-9-5-3-4-6-10-21/h7-8,11-12,18-21H,3-6,9-10,13-17H2,1-2H3,(H,27,31). The first kappa shape index (κ1) is 22.8. The molecule has 174 valence electrons. The van der Waals surface area contributed by atoms with Crippen molar-refractivity contribution in [3.63, 3.8) is 0 Å². The minimum atomic E-state index is -0.357. The van der Waals surface area contributed by atoms with Crippen molar-refractivity contribution >= 4 is 23.4 Å². The predicted octanol–water partition coefficient (Wildman–Crippen LogP) is 4.31. The number of likely N-dealkylation sites (tertiary alicyclic amines) is 2. The summed E-state index contributed by atoms with van der Waals surface area (Å²) in [5.74, 6) is 0.506. The van der Waals surface area contributed by atoms with Crippen LogP contribution in [0, 0.1) is 17.8 Å². The van der Waals surface area contributed by atoms with Crippen LogP contribution in [0.4, 0.5) is 5.69 Å². The first-order valence-corrected chi connectivity index (χ1v) is 12.4. The van der Waals surface area contributed by atoms with E-state index in [9.17, 15) is 14.4 Å². The molecule has 1 aromatic carbocycles. The molecule has 1 N–H and O–H groups in total. The van der Waals surface area contributed by atoms with Crippen molar-refractivity contribution in [2.24, 2.45) is 17.8 Å². The molecule has 3 amide bonds. The van der Waals surface area contributed by atoms with E-state index in [1.165, 1.54) is 12.8 Å². The first-order valence-electron chi connectivity index (χ1n) is 12.4. The summed E-state index contributed by atoms with van der Waals surface area (Å²) in [5, 5.41) is 2.99. The van der Waals surface area contributed by atoms with E-state index >= 15 is 0 Å². The summed E-state index contributed by atoms with van der Waals surface area (Å²) < 4.78 is 0. The molecular formula is C26H37N3O3. The van der Waals surface area contributed by atoms with Gasteiger partial charge in [0.15, 0.2) is 0 Å². The Balaban J connectivity index is 1.43. The third-order valence-electron chi connectivity index (χ3n) is 7.37. The number of amides is 3. The van der Waals surface area contributed by atoms with Gasteiger partial charge in [-0.25, -0.2) is 0 Å². The van der Waals surface area contributed by atoms with Crippen molar-refractivity contribution in [1.82, 2.24) is 9.80 Å². The van der Waals surface area contributed by atoms with Crippen molar-refractivity contribution in [3.8, 4) is 0 Å². The molecule has 3 aliphatic rings. The molecule has 6 heteroatoms. The second-order valence-corrected chi connectivity index (χ2v) is 10.3. The minimum absolute atomic E-state index is 0.0260. The van der Waals surface area contributed by atoms with E-state index in [1.54, 1.807) is 12.1 Å². The third kappa shape index (κ3) is 5.16. The van der Waals surface area contributed by atoms with Gasteiger partial charge in [0, 0.05) is 32.1 Å². The van der Waals surface area contributed by atoms with Crippen LogP contribution in [0.2, 0.25) is 0 Å². The normalized spacial score (nSPS) is 27.3. The molecule has 2 saturated heterocycles. The predicted molar refractivity (Wildman–Crippen MR) is 125 cm³/mol. The summed E-state index contributed by atoms with van der Waals surface area (Å²) in [4.78, 5) is 42.9. The number of hydrogen-bond donors (Lipinski definition) is 1. The molecule has 2 aliphatic heterocycles. The van der Waals surface area contributed by atoms with E-state index in [1.807, 2.05) is 21.9 Å². The van der Waals surface area contributed by atoms with Crippen LogP contribution in [-0.4, -0.2) is 53.2 Å². The van der Waals surface area contributed by atoms with Crippen molar-refractivity contribution in [1.29, 1.82) is 0 Å². The summed E-state index contributed by atoms with van der Waals surface area (Å²) in [6.45, 7) is 6.35. The molecule has 0 bridgehead atoms. The summed E-state index contributed by atoms with van der Waals surface area (Å²) in [5.41, 5.74) is 1.08. The van der Waals surface area contributed by atoms with E-state index in [0.717, 1.165) is 45.2 Å². The van der Waals surface area contributed by atoms with E-state index in [4.69, 9.17) is 0 Å². The SMILES string of the molecule is CC1CC(C)CN(C(=O)c2ccccc2NC(=O)C2CC(=O)N(C3CCCCCC3)C2)C1.